The molecule has 0 unspecified atom stereocenters. The molecule has 4 nitrogen and oxygen atoms in total. The van der Waals surface area contributed by atoms with Crippen LogP contribution >= 0.6 is 0 Å². The Kier molecular flexibility index (Phi) is 1.99. The van der Waals surface area contributed by atoms with Crippen molar-refractivity contribution in [1.82, 2.24) is 9.97 Å². The zero-order valence-corrected chi connectivity index (χ0v) is 9.23. The van der Waals surface area contributed by atoms with Gasteiger partial charge in [0, 0.05) is 11.8 Å². The molecular formula is C12H14N2O2. The van der Waals surface area contributed by atoms with Crippen molar-refractivity contribution in [2.75, 3.05) is 0 Å². The summed E-state index contributed by atoms with van der Waals surface area (Å²) in [7, 11) is 0. The van der Waals surface area contributed by atoms with E-state index in [0.717, 1.165) is 37.2 Å². The Hall–Kier alpha value is -1.45. The minimum atomic E-state index is -0.887. The second-order valence-electron chi connectivity index (χ2n) is 4.78. The van der Waals surface area contributed by atoms with Crippen molar-refractivity contribution in [2.45, 2.75) is 44.4 Å². The molecule has 0 radical (unpaired) electrons. The SMILES string of the molecule is Cc1nc(C2CC2)nc(C2CC2)c1C(=O)O. The van der Waals surface area contributed by atoms with Crippen molar-refractivity contribution in [2.24, 2.45) is 0 Å². The number of hydrogen-bond donors (Lipinski definition) is 1. The van der Waals surface area contributed by atoms with E-state index in [9.17, 15) is 9.90 Å². The summed E-state index contributed by atoms with van der Waals surface area (Å²) in [5.41, 5.74) is 1.75. The molecule has 0 aliphatic heterocycles. The molecule has 16 heavy (non-hydrogen) atoms. The first kappa shape index (κ1) is 9.75. The van der Waals surface area contributed by atoms with Gasteiger partial charge in [0.1, 0.15) is 11.4 Å². The van der Waals surface area contributed by atoms with Crippen LogP contribution in [0.5, 0.6) is 0 Å². The highest BCUT2D eigenvalue weighted by Crippen LogP contribution is 2.43. The average molecular weight is 218 g/mol. The Morgan fingerprint density at radius 2 is 1.81 bits per heavy atom. The van der Waals surface area contributed by atoms with Crippen LogP contribution in [-0.4, -0.2) is 21.0 Å². The van der Waals surface area contributed by atoms with Crippen molar-refractivity contribution in [3.63, 3.8) is 0 Å². The van der Waals surface area contributed by atoms with Gasteiger partial charge in [-0.3, -0.25) is 0 Å². The fourth-order valence-electron chi connectivity index (χ4n) is 2.06. The fraction of sp³-hybridized carbons (Fsp3) is 0.583. The monoisotopic (exact) mass is 218 g/mol. The molecule has 0 aromatic carbocycles. The lowest BCUT2D eigenvalue weighted by Gasteiger charge is -2.09. The number of carbonyl (C=O) groups is 1. The van der Waals surface area contributed by atoms with Crippen LogP contribution in [0.2, 0.25) is 0 Å². The molecule has 0 spiro atoms. The predicted molar refractivity (Wildman–Crippen MR) is 57.7 cm³/mol. The maximum absolute atomic E-state index is 11.2. The van der Waals surface area contributed by atoms with Crippen molar-refractivity contribution in [3.8, 4) is 0 Å². The van der Waals surface area contributed by atoms with E-state index in [1.54, 1.807) is 6.92 Å². The molecule has 1 aromatic rings. The molecule has 2 aliphatic carbocycles. The Morgan fingerprint density at radius 3 is 2.31 bits per heavy atom. The first-order valence-corrected chi connectivity index (χ1v) is 5.78. The number of rotatable bonds is 3. The van der Waals surface area contributed by atoms with Gasteiger partial charge in [0.15, 0.2) is 0 Å². The van der Waals surface area contributed by atoms with Gasteiger partial charge in [0.2, 0.25) is 0 Å². The van der Waals surface area contributed by atoms with Crippen molar-refractivity contribution < 1.29 is 9.90 Å². The van der Waals surface area contributed by atoms with Crippen LogP contribution < -0.4 is 0 Å². The van der Waals surface area contributed by atoms with Gasteiger partial charge in [0.25, 0.3) is 0 Å². The maximum Gasteiger partial charge on any atom is 0.339 e. The van der Waals surface area contributed by atoms with E-state index < -0.39 is 5.97 Å². The topological polar surface area (TPSA) is 63.1 Å². The van der Waals surface area contributed by atoms with Crippen LogP contribution in [-0.2, 0) is 0 Å². The highest BCUT2D eigenvalue weighted by molar-refractivity contribution is 5.90. The lowest BCUT2D eigenvalue weighted by atomic mass is 10.1. The average Bonchev–Trinajstić information content (AvgIpc) is 3.08. The molecular weight excluding hydrogens is 204 g/mol. The fourth-order valence-corrected chi connectivity index (χ4v) is 2.06. The lowest BCUT2D eigenvalue weighted by Crippen LogP contribution is -2.11. The van der Waals surface area contributed by atoms with Gasteiger partial charge in [-0.2, -0.15) is 0 Å². The van der Waals surface area contributed by atoms with Gasteiger partial charge in [-0.15, -0.1) is 0 Å². The smallest absolute Gasteiger partial charge is 0.339 e. The van der Waals surface area contributed by atoms with E-state index in [4.69, 9.17) is 0 Å². The quantitative estimate of drug-likeness (QED) is 0.845. The number of aromatic nitrogens is 2. The van der Waals surface area contributed by atoms with Crippen LogP contribution in [0.15, 0.2) is 0 Å². The second kappa shape index (κ2) is 3.27. The van der Waals surface area contributed by atoms with E-state index in [1.807, 2.05) is 0 Å². The number of carboxylic acids is 1. The summed E-state index contributed by atoms with van der Waals surface area (Å²) in [6.45, 7) is 1.78. The number of aryl methyl sites for hydroxylation is 1. The highest BCUT2D eigenvalue weighted by atomic mass is 16.4. The molecule has 2 fully saturated rings. The Balaban J connectivity index is 2.11. The lowest BCUT2D eigenvalue weighted by molar-refractivity contribution is 0.0693. The number of hydrogen-bond acceptors (Lipinski definition) is 3. The summed E-state index contributed by atoms with van der Waals surface area (Å²) in [6.07, 6.45) is 4.44. The maximum atomic E-state index is 11.2. The van der Waals surface area contributed by atoms with Crippen molar-refractivity contribution >= 4 is 5.97 Å². The molecule has 84 valence electrons. The van der Waals surface area contributed by atoms with Crippen LogP contribution in [0, 0.1) is 6.92 Å². The molecule has 0 atom stereocenters. The molecule has 1 N–H and O–H groups in total. The van der Waals surface area contributed by atoms with Crippen LogP contribution in [0.4, 0.5) is 0 Å². The third-order valence-electron chi connectivity index (χ3n) is 3.26. The van der Waals surface area contributed by atoms with Crippen molar-refractivity contribution in [1.29, 1.82) is 0 Å². The summed E-state index contributed by atoms with van der Waals surface area (Å²) in [5, 5.41) is 9.19. The summed E-state index contributed by atoms with van der Waals surface area (Å²) in [4.78, 5) is 20.0. The summed E-state index contributed by atoms with van der Waals surface area (Å²) < 4.78 is 0. The second-order valence-corrected chi connectivity index (χ2v) is 4.78. The Morgan fingerprint density at radius 1 is 1.19 bits per heavy atom. The third kappa shape index (κ3) is 1.58. The molecule has 0 bridgehead atoms. The van der Waals surface area contributed by atoms with E-state index in [0.29, 0.717) is 23.1 Å². The minimum Gasteiger partial charge on any atom is -0.478 e. The van der Waals surface area contributed by atoms with E-state index in [1.165, 1.54) is 0 Å². The van der Waals surface area contributed by atoms with Gasteiger partial charge in [-0.1, -0.05) is 0 Å². The van der Waals surface area contributed by atoms with Crippen molar-refractivity contribution in [3.05, 3.63) is 22.8 Å². The molecule has 3 rings (SSSR count). The normalized spacial score (nSPS) is 19.8. The third-order valence-corrected chi connectivity index (χ3v) is 3.26. The number of carboxylic acid groups (broad SMARTS) is 1. The van der Waals surface area contributed by atoms with Crippen LogP contribution in [0.25, 0.3) is 0 Å². The predicted octanol–water partition coefficient (Wildman–Crippen LogP) is 2.24. The zero-order valence-electron chi connectivity index (χ0n) is 9.23. The van der Waals surface area contributed by atoms with E-state index >= 15 is 0 Å². The molecule has 1 heterocycles. The molecule has 0 amide bonds. The summed E-state index contributed by atoms with van der Waals surface area (Å²) >= 11 is 0. The standard InChI is InChI=1S/C12H14N2O2/c1-6-9(12(15)16)10(7-2-3-7)14-11(13-6)8-4-5-8/h7-8H,2-5H2,1H3,(H,15,16). The summed E-state index contributed by atoms with van der Waals surface area (Å²) in [5.74, 6) is 0.829. The van der Waals surface area contributed by atoms with Gasteiger partial charge >= 0.3 is 5.97 Å². The molecule has 2 saturated carbocycles. The van der Waals surface area contributed by atoms with Crippen LogP contribution in [0.1, 0.15) is 65.1 Å². The van der Waals surface area contributed by atoms with Crippen LogP contribution in [0.3, 0.4) is 0 Å². The number of nitrogens with zero attached hydrogens (tertiary/aromatic N) is 2. The zero-order chi connectivity index (χ0) is 11.3. The first-order valence-electron chi connectivity index (χ1n) is 5.78. The largest absolute Gasteiger partial charge is 0.478 e. The van der Waals surface area contributed by atoms with Gasteiger partial charge in [-0.25, -0.2) is 14.8 Å². The number of aromatic carboxylic acids is 1. The summed E-state index contributed by atoms with van der Waals surface area (Å²) in [6, 6.07) is 0. The van der Waals surface area contributed by atoms with E-state index in [2.05, 4.69) is 9.97 Å². The van der Waals surface area contributed by atoms with Gasteiger partial charge < -0.3 is 5.11 Å². The Bertz CT molecular complexity index is 462. The van der Waals surface area contributed by atoms with Gasteiger partial charge in [0.05, 0.1) is 11.4 Å². The molecule has 4 heteroatoms. The minimum absolute atomic E-state index is 0.340. The first-order chi connectivity index (χ1) is 7.66. The molecule has 2 aliphatic rings. The molecule has 1 aromatic heterocycles. The highest BCUT2D eigenvalue weighted by Gasteiger charge is 2.34. The van der Waals surface area contributed by atoms with Gasteiger partial charge in [-0.05, 0) is 32.6 Å². The van der Waals surface area contributed by atoms with E-state index in [-0.39, 0.29) is 0 Å². The Labute approximate surface area is 93.7 Å². The molecule has 0 saturated heterocycles.